The molecule has 0 spiro atoms. The summed E-state index contributed by atoms with van der Waals surface area (Å²) in [4.78, 5) is 2.11. The molecule has 2 fully saturated rings. The summed E-state index contributed by atoms with van der Waals surface area (Å²) in [7, 11) is 4.09. The fourth-order valence-electron chi connectivity index (χ4n) is 4.05. The molecule has 0 amide bonds. The van der Waals surface area contributed by atoms with Gasteiger partial charge in [-0.1, -0.05) is 29.8 Å². The van der Waals surface area contributed by atoms with Crippen molar-refractivity contribution >= 4 is 5.57 Å². The Bertz CT molecular complexity index is 892. The fourth-order valence-corrected chi connectivity index (χ4v) is 4.05. The van der Waals surface area contributed by atoms with E-state index in [1.54, 1.807) is 12.1 Å². The molecule has 0 atom stereocenters. The van der Waals surface area contributed by atoms with Crippen LogP contribution < -0.4 is 4.74 Å². The molecule has 0 bridgehead atoms. The van der Waals surface area contributed by atoms with Crippen molar-refractivity contribution in [3.63, 3.8) is 0 Å². The number of nitrogens with zero attached hydrogens (tertiary/aromatic N) is 1. The predicted molar refractivity (Wildman–Crippen MR) is 135 cm³/mol. The molecule has 174 valence electrons. The normalized spacial score (nSPS) is 17.6. The van der Waals surface area contributed by atoms with E-state index in [1.165, 1.54) is 23.0 Å². The van der Waals surface area contributed by atoms with E-state index in [4.69, 9.17) is 4.74 Å². The zero-order valence-corrected chi connectivity index (χ0v) is 20.8. The van der Waals surface area contributed by atoms with Crippen LogP contribution >= 0.6 is 0 Å². The Balaban J connectivity index is 0.00000324. The summed E-state index contributed by atoms with van der Waals surface area (Å²) >= 11 is 0. The van der Waals surface area contributed by atoms with Crippen LogP contribution in [-0.4, -0.2) is 37.3 Å². The first-order valence-corrected chi connectivity index (χ1v) is 11.4. The van der Waals surface area contributed by atoms with Crippen LogP contribution in [0.4, 0.5) is 0 Å². The SMILES string of the molecule is CN(C)CCOc1ccc(/C(=C(\CC[C]2[CH][CH][CH][CH]2)[C]2[CH][CH][CH][CH]2)c2ccc(O)cc2)cc1.[Fe+2]. The van der Waals surface area contributed by atoms with Crippen LogP contribution in [0.1, 0.15) is 24.0 Å². The molecular weight excluding hydrogens is 462 g/mol. The zero-order valence-electron chi connectivity index (χ0n) is 19.7. The number of rotatable bonds is 10. The van der Waals surface area contributed by atoms with Crippen LogP contribution in [0.3, 0.4) is 0 Å². The smallest absolute Gasteiger partial charge is 0.508 e. The van der Waals surface area contributed by atoms with Gasteiger partial charge in [-0.3, -0.25) is 0 Å². The number of phenols is 1. The Morgan fingerprint density at radius 1 is 0.794 bits per heavy atom. The average Bonchev–Trinajstić information content (AvgIpc) is 3.53. The summed E-state index contributed by atoms with van der Waals surface area (Å²) in [6, 6.07) is 15.9. The van der Waals surface area contributed by atoms with E-state index in [1.807, 2.05) is 38.4 Å². The quantitative estimate of drug-likeness (QED) is 0.430. The predicted octanol–water partition coefficient (Wildman–Crippen LogP) is 5.72. The minimum absolute atomic E-state index is 0. The first kappa shape index (κ1) is 26.9. The second-order valence-electron chi connectivity index (χ2n) is 8.54. The second kappa shape index (κ2) is 13.4. The summed E-state index contributed by atoms with van der Waals surface area (Å²) in [6.45, 7) is 1.54. The number of ether oxygens (including phenoxy) is 1. The van der Waals surface area contributed by atoms with E-state index >= 15 is 0 Å². The molecule has 2 aliphatic rings. The number of allylic oxidation sites excluding steroid dienone is 1. The maximum atomic E-state index is 9.88. The number of phenolic OH excluding ortho intramolecular Hbond substituents is 1. The molecule has 0 aliphatic heterocycles. The van der Waals surface area contributed by atoms with Gasteiger partial charge in [0.25, 0.3) is 0 Å². The van der Waals surface area contributed by atoms with Gasteiger partial charge < -0.3 is 14.7 Å². The molecule has 2 aliphatic carbocycles. The summed E-state index contributed by atoms with van der Waals surface area (Å²) in [5.74, 6) is 3.72. The molecule has 0 aromatic heterocycles. The van der Waals surface area contributed by atoms with Gasteiger partial charge in [0.2, 0.25) is 0 Å². The topological polar surface area (TPSA) is 32.7 Å². The molecule has 2 aromatic rings. The third kappa shape index (κ3) is 7.38. The van der Waals surface area contributed by atoms with Crippen molar-refractivity contribution in [3.05, 3.63) is 128 Å². The molecule has 0 heterocycles. The molecule has 0 unspecified atom stereocenters. The van der Waals surface area contributed by atoms with Crippen molar-refractivity contribution < 1.29 is 26.9 Å². The number of hydrogen-bond acceptors (Lipinski definition) is 3. The van der Waals surface area contributed by atoms with Crippen LogP contribution in [0.5, 0.6) is 11.5 Å². The fraction of sp³-hybridized carbons (Fsp3) is 0.200. The first-order chi connectivity index (χ1) is 16.1. The van der Waals surface area contributed by atoms with Gasteiger partial charge in [0, 0.05) is 12.5 Å². The van der Waals surface area contributed by atoms with E-state index in [9.17, 15) is 5.11 Å². The van der Waals surface area contributed by atoms with Gasteiger partial charge >= 0.3 is 17.1 Å². The monoisotopic (exact) mass is 493 g/mol. The third-order valence-corrected chi connectivity index (χ3v) is 5.81. The second-order valence-corrected chi connectivity index (χ2v) is 8.54. The van der Waals surface area contributed by atoms with E-state index in [0.29, 0.717) is 6.61 Å². The zero-order chi connectivity index (χ0) is 23.0. The van der Waals surface area contributed by atoms with Crippen molar-refractivity contribution in [3.8, 4) is 11.5 Å². The van der Waals surface area contributed by atoms with Gasteiger partial charge in [0.05, 0.1) is 0 Å². The average molecular weight is 493 g/mol. The van der Waals surface area contributed by atoms with Gasteiger partial charge in [-0.25, -0.2) is 0 Å². The van der Waals surface area contributed by atoms with E-state index in [0.717, 1.165) is 36.3 Å². The Hall–Kier alpha value is -1.74. The molecule has 4 heteroatoms. The van der Waals surface area contributed by atoms with Gasteiger partial charge in [0.15, 0.2) is 0 Å². The number of aromatic hydroxyl groups is 1. The van der Waals surface area contributed by atoms with Crippen molar-refractivity contribution in [2.45, 2.75) is 12.8 Å². The first-order valence-electron chi connectivity index (χ1n) is 11.4. The molecule has 0 saturated heterocycles. The molecule has 34 heavy (non-hydrogen) atoms. The van der Waals surface area contributed by atoms with Gasteiger partial charge in [-0.15, -0.1) is 0 Å². The molecule has 2 aromatic carbocycles. The molecule has 2 saturated carbocycles. The number of hydrogen-bond donors (Lipinski definition) is 1. The van der Waals surface area contributed by atoms with E-state index in [-0.39, 0.29) is 22.8 Å². The minimum atomic E-state index is 0. The summed E-state index contributed by atoms with van der Waals surface area (Å²) < 4.78 is 5.91. The number of likely N-dealkylation sites (N-methyl/N-ethyl adjacent to an activating group) is 1. The third-order valence-electron chi connectivity index (χ3n) is 5.81. The maximum Gasteiger partial charge on any atom is 2.00 e. The van der Waals surface area contributed by atoms with Crippen molar-refractivity contribution in [2.75, 3.05) is 27.2 Å². The molecule has 4 rings (SSSR count). The molecular formula is C30H31FeNO2+2. The standard InChI is InChI=1S/C30H31NO2.Fe/c1-31(2)21-22-33-28-18-14-26(15-19-28)30(25-12-16-27(32)17-13-25)29(24-9-5-6-10-24)20-11-23-7-3-4-8-23;/h3-10,12-19,32H,11,20-22H2,1-2H3;/q;+2/b30-29+;. The summed E-state index contributed by atoms with van der Waals surface area (Å²) in [5, 5.41) is 9.88. The van der Waals surface area contributed by atoms with Gasteiger partial charge in [-0.2, -0.15) is 0 Å². The summed E-state index contributed by atoms with van der Waals surface area (Å²) in [5.41, 5.74) is 4.72. The van der Waals surface area contributed by atoms with Crippen molar-refractivity contribution in [1.29, 1.82) is 0 Å². The van der Waals surface area contributed by atoms with Gasteiger partial charge in [0.1, 0.15) is 18.1 Å². The Morgan fingerprint density at radius 2 is 1.35 bits per heavy atom. The molecule has 1 N–H and O–H groups in total. The Labute approximate surface area is 217 Å². The van der Waals surface area contributed by atoms with Crippen LogP contribution in [0.15, 0.2) is 54.1 Å². The van der Waals surface area contributed by atoms with Crippen molar-refractivity contribution in [1.82, 2.24) is 4.90 Å². The molecule has 10 radical (unpaired) electrons. The minimum Gasteiger partial charge on any atom is -0.508 e. The van der Waals surface area contributed by atoms with Crippen LogP contribution in [0, 0.1) is 63.2 Å². The Morgan fingerprint density at radius 3 is 1.94 bits per heavy atom. The van der Waals surface area contributed by atoms with Crippen LogP contribution in [0.25, 0.3) is 5.57 Å². The number of benzene rings is 2. The molecule has 3 nitrogen and oxygen atoms in total. The van der Waals surface area contributed by atoms with E-state index < -0.39 is 0 Å². The van der Waals surface area contributed by atoms with Crippen LogP contribution in [-0.2, 0) is 17.1 Å². The van der Waals surface area contributed by atoms with Crippen LogP contribution in [0.2, 0.25) is 0 Å². The van der Waals surface area contributed by atoms with Crippen molar-refractivity contribution in [2.24, 2.45) is 0 Å². The maximum absolute atomic E-state index is 9.88. The largest absolute Gasteiger partial charge is 2.00 e. The van der Waals surface area contributed by atoms with Gasteiger partial charge in [-0.05, 0) is 125 Å². The summed E-state index contributed by atoms with van der Waals surface area (Å²) in [6.07, 6.45) is 19.0. The Kier molecular flexibility index (Phi) is 10.6. The van der Waals surface area contributed by atoms with E-state index in [2.05, 4.69) is 68.4 Å².